The van der Waals surface area contributed by atoms with E-state index in [2.05, 4.69) is 43.1 Å². The van der Waals surface area contributed by atoms with E-state index < -0.39 is 0 Å². The van der Waals surface area contributed by atoms with Crippen molar-refractivity contribution in [3.05, 3.63) is 77.5 Å². The zero-order valence-electron chi connectivity index (χ0n) is 18.2. The number of hydrogen-bond acceptors (Lipinski definition) is 4. The topological polar surface area (TPSA) is 49.3 Å². The molecule has 1 aliphatic heterocycles. The van der Waals surface area contributed by atoms with Crippen molar-refractivity contribution in [2.45, 2.75) is 32.2 Å². The van der Waals surface area contributed by atoms with Crippen LogP contribution in [0.15, 0.2) is 60.7 Å². The molecule has 0 saturated heterocycles. The second-order valence-electron chi connectivity index (χ2n) is 8.55. The van der Waals surface area contributed by atoms with Crippen molar-refractivity contribution in [2.24, 2.45) is 5.92 Å². The van der Waals surface area contributed by atoms with Crippen molar-refractivity contribution in [2.75, 3.05) is 25.0 Å². The lowest BCUT2D eigenvalue weighted by molar-refractivity contribution is -0.133. The molecular formula is C26H28N4O. The minimum Gasteiger partial charge on any atom is -0.360 e. The van der Waals surface area contributed by atoms with E-state index in [1.807, 2.05) is 41.3 Å². The Morgan fingerprint density at radius 2 is 1.77 bits per heavy atom. The third-order valence-electron chi connectivity index (χ3n) is 6.55. The number of rotatable bonds is 5. The largest absolute Gasteiger partial charge is 0.360 e. The number of benzene rings is 2. The molecule has 0 N–H and O–H groups in total. The lowest BCUT2D eigenvalue weighted by Gasteiger charge is -2.32. The molecule has 5 heteroatoms. The summed E-state index contributed by atoms with van der Waals surface area (Å²) < 4.78 is 0. The number of nitrogens with zero attached hydrogens (tertiary/aromatic N) is 4. The summed E-state index contributed by atoms with van der Waals surface area (Å²) in [5, 5.41) is 0. The van der Waals surface area contributed by atoms with Crippen molar-refractivity contribution >= 4 is 11.7 Å². The zero-order valence-corrected chi connectivity index (χ0v) is 18.2. The maximum absolute atomic E-state index is 13.3. The van der Waals surface area contributed by atoms with Crippen LogP contribution in [0.3, 0.4) is 0 Å². The second kappa shape index (κ2) is 8.14. The summed E-state index contributed by atoms with van der Waals surface area (Å²) in [6.45, 7) is 4.30. The van der Waals surface area contributed by atoms with E-state index in [-0.39, 0.29) is 11.8 Å². The number of amides is 1. The van der Waals surface area contributed by atoms with Crippen molar-refractivity contribution in [1.82, 2.24) is 14.9 Å². The Kier molecular flexibility index (Phi) is 5.18. The van der Waals surface area contributed by atoms with E-state index in [0.29, 0.717) is 12.5 Å². The third kappa shape index (κ3) is 3.80. The highest BCUT2D eigenvalue weighted by Crippen LogP contribution is 2.48. The molecule has 5 nitrogen and oxygen atoms in total. The van der Waals surface area contributed by atoms with Gasteiger partial charge in [-0.3, -0.25) is 4.79 Å². The number of aromatic nitrogens is 2. The molecule has 158 valence electrons. The van der Waals surface area contributed by atoms with E-state index in [1.54, 1.807) is 0 Å². The molecule has 1 fully saturated rings. The van der Waals surface area contributed by atoms with Crippen molar-refractivity contribution in [3.8, 4) is 11.4 Å². The molecule has 0 unspecified atom stereocenters. The summed E-state index contributed by atoms with van der Waals surface area (Å²) in [6, 6.07) is 20.5. The molecular weight excluding hydrogens is 384 g/mol. The summed E-state index contributed by atoms with van der Waals surface area (Å²) in [4.78, 5) is 27.3. The van der Waals surface area contributed by atoms with E-state index in [0.717, 1.165) is 54.4 Å². The molecule has 5 rings (SSSR count). The van der Waals surface area contributed by atoms with Gasteiger partial charge in [0.25, 0.3) is 0 Å². The summed E-state index contributed by atoms with van der Waals surface area (Å²) in [7, 11) is 2.06. The fourth-order valence-electron chi connectivity index (χ4n) is 4.54. The van der Waals surface area contributed by atoms with Crippen LogP contribution in [0.5, 0.6) is 0 Å². The van der Waals surface area contributed by atoms with Gasteiger partial charge in [0.2, 0.25) is 5.91 Å². The highest BCUT2D eigenvalue weighted by Gasteiger charge is 2.46. The van der Waals surface area contributed by atoms with Gasteiger partial charge < -0.3 is 9.80 Å². The molecule has 31 heavy (non-hydrogen) atoms. The Balaban J connectivity index is 1.41. The average molecular weight is 413 g/mol. The second-order valence-corrected chi connectivity index (χ2v) is 8.55. The highest BCUT2D eigenvalue weighted by atomic mass is 16.2. The summed E-state index contributed by atoms with van der Waals surface area (Å²) >= 11 is 0. The van der Waals surface area contributed by atoms with Crippen molar-refractivity contribution in [3.63, 3.8) is 0 Å². The van der Waals surface area contributed by atoms with E-state index >= 15 is 0 Å². The third-order valence-corrected chi connectivity index (χ3v) is 6.55. The number of hydrogen-bond donors (Lipinski definition) is 0. The highest BCUT2D eigenvalue weighted by molar-refractivity contribution is 5.83. The average Bonchev–Trinajstić information content (AvgIpc) is 3.64. The molecule has 1 aromatic heterocycles. The predicted molar refractivity (Wildman–Crippen MR) is 123 cm³/mol. The molecule has 1 aliphatic carbocycles. The van der Waals surface area contributed by atoms with Crippen LogP contribution >= 0.6 is 0 Å². The number of anilines is 1. The van der Waals surface area contributed by atoms with Crippen LogP contribution < -0.4 is 4.90 Å². The van der Waals surface area contributed by atoms with Gasteiger partial charge in [0.15, 0.2) is 5.82 Å². The SMILES string of the molecule is CCN(C)c1nc(-c2ccccc2)nc2c1CN(C(=O)[C@H]1C[C@H]1c1ccccc1)CC2. The normalized spacial score (nSPS) is 19.6. The smallest absolute Gasteiger partial charge is 0.226 e. The van der Waals surface area contributed by atoms with Gasteiger partial charge in [-0.1, -0.05) is 60.7 Å². The van der Waals surface area contributed by atoms with Gasteiger partial charge in [-0.25, -0.2) is 9.97 Å². The van der Waals surface area contributed by atoms with Gasteiger partial charge >= 0.3 is 0 Å². The minimum absolute atomic E-state index is 0.112. The van der Waals surface area contributed by atoms with E-state index in [4.69, 9.17) is 9.97 Å². The van der Waals surface area contributed by atoms with Gasteiger partial charge in [0.1, 0.15) is 5.82 Å². The van der Waals surface area contributed by atoms with Gasteiger partial charge in [0, 0.05) is 43.6 Å². The fraction of sp³-hybridized carbons (Fsp3) is 0.346. The molecule has 0 bridgehead atoms. The first kappa shape index (κ1) is 19.7. The summed E-state index contributed by atoms with van der Waals surface area (Å²) in [5.41, 5.74) is 4.47. The first-order valence-corrected chi connectivity index (χ1v) is 11.2. The maximum Gasteiger partial charge on any atom is 0.226 e. The monoisotopic (exact) mass is 412 g/mol. The molecule has 2 atom stereocenters. The van der Waals surface area contributed by atoms with Crippen LogP contribution in [0.2, 0.25) is 0 Å². The molecule has 2 aromatic carbocycles. The molecule has 2 heterocycles. The molecule has 0 spiro atoms. The lowest BCUT2D eigenvalue weighted by Crippen LogP contribution is -2.39. The van der Waals surface area contributed by atoms with Crippen molar-refractivity contribution < 1.29 is 4.79 Å². The van der Waals surface area contributed by atoms with E-state index in [1.165, 1.54) is 5.56 Å². The van der Waals surface area contributed by atoms with Crippen LogP contribution in [0.1, 0.15) is 36.1 Å². The minimum atomic E-state index is 0.112. The molecule has 2 aliphatic rings. The van der Waals surface area contributed by atoms with Gasteiger partial charge in [-0.15, -0.1) is 0 Å². The van der Waals surface area contributed by atoms with Crippen LogP contribution in [-0.2, 0) is 17.8 Å². The zero-order chi connectivity index (χ0) is 21.4. The fourth-order valence-corrected chi connectivity index (χ4v) is 4.54. The summed E-state index contributed by atoms with van der Waals surface area (Å²) in [5.74, 6) is 2.46. The lowest BCUT2D eigenvalue weighted by atomic mass is 10.0. The maximum atomic E-state index is 13.3. The Labute approximate surface area is 183 Å². The Morgan fingerprint density at radius 3 is 2.48 bits per heavy atom. The van der Waals surface area contributed by atoms with Crippen LogP contribution in [0.25, 0.3) is 11.4 Å². The number of fused-ring (bicyclic) bond motifs is 1. The number of carbonyl (C=O) groups is 1. The first-order chi connectivity index (χ1) is 15.2. The Morgan fingerprint density at radius 1 is 1.06 bits per heavy atom. The molecule has 0 radical (unpaired) electrons. The molecule has 1 amide bonds. The molecule has 3 aromatic rings. The Bertz CT molecular complexity index is 1080. The van der Waals surface area contributed by atoms with Crippen LogP contribution in [0, 0.1) is 5.92 Å². The molecule has 1 saturated carbocycles. The van der Waals surface area contributed by atoms with Gasteiger partial charge in [-0.2, -0.15) is 0 Å². The Hall–Kier alpha value is -3.21. The standard InChI is InChI=1S/C26H28N4O/c1-3-29(2)25-22-17-30(26(31)21-16-20(21)18-10-6-4-7-11-18)15-14-23(22)27-24(28-25)19-12-8-5-9-13-19/h4-13,20-21H,3,14-17H2,1-2H3/t20-,21-/m0/s1. The first-order valence-electron chi connectivity index (χ1n) is 11.2. The number of carbonyl (C=O) groups excluding carboxylic acids is 1. The van der Waals surface area contributed by atoms with Crippen LogP contribution in [0.4, 0.5) is 5.82 Å². The predicted octanol–water partition coefficient (Wildman–Crippen LogP) is 4.29. The quantitative estimate of drug-likeness (QED) is 0.627. The van der Waals surface area contributed by atoms with Crippen LogP contribution in [-0.4, -0.2) is 40.9 Å². The van der Waals surface area contributed by atoms with Gasteiger partial charge in [-0.05, 0) is 24.8 Å². The summed E-state index contributed by atoms with van der Waals surface area (Å²) in [6.07, 6.45) is 1.73. The van der Waals surface area contributed by atoms with E-state index in [9.17, 15) is 4.79 Å². The van der Waals surface area contributed by atoms with Gasteiger partial charge in [0.05, 0.1) is 12.2 Å². The van der Waals surface area contributed by atoms with Crippen molar-refractivity contribution in [1.29, 1.82) is 0 Å².